The maximum Gasteiger partial charge on any atom is 0.490 e. The minimum absolute atomic E-state index is 0.00576. The molecule has 0 bridgehead atoms. The summed E-state index contributed by atoms with van der Waals surface area (Å²) in [6.07, 6.45) is -1.98. The van der Waals surface area contributed by atoms with Gasteiger partial charge in [0, 0.05) is 29.7 Å². The first-order chi connectivity index (χ1) is 20.6. The summed E-state index contributed by atoms with van der Waals surface area (Å²) in [6, 6.07) is 11.4. The van der Waals surface area contributed by atoms with Crippen molar-refractivity contribution in [3.63, 3.8) is 0 Å². The molecule has 14 heteroatoms. The quantitative estimate of drug-likeness (QED) is 0.268. The molecule has 0 spiro atoms. The number of aliphatic carboxylic acids is 1. The molecule has 3 aromatic rings. The normalized spacial score (nSPS) is 14.5. The van der Waals surface area contributed by atoms with Gasteiger partial charge >= 0.3 is 24.1 Å². The number of alkyl halides is 3. The molecule has 0 unspecified atom stereocenters. The summed E-state index contributed by atoms with van der Waals surface area (Å²) < 4.78 is 31.7. The minimum atomic E-state index is -5.08. The maximum absolute atomic E-state index is 13.1. The first-order valence-electron chi connectivity index (χ1n) is 13.5. The molecule has 4 N–H and O–H groups in total. The zero-order chi connectivity index (χ0) is 32.8. The third-order valence-electron chi connectivity index (χ3n) is 6.84. The Bertz CT molecular complexity index is 1540. The van der Waals surface area contributed by atoms with E-state index in [0.29, 0.717) is 36.1 Å². The second kappa shape index (κ2) is 14.0. The number of hydrogen-bond donors (Lipinski definition) is 4. The predicted molar refractivity (Wildman–Crippen MR) is 155 cm³/mol. The third-order valence-corrected chi connectivity index (χ3v) is 6.84. The van der Waals surface area contributed by atoms with Crippen molar-refractivity contribution in [2.45, 2.75) is 58.7 Å². The molecule has 2 aromatic heterocycles. The van der Waals surface area contributed by atoms with Crippen LogP contribution in [-0.2, 0) is 9.59 Å². The molecule has 1 atom stereocenters. The van der Waals surface area contributed by atoms with Gasteiger partial charge in [0.2, 0.25) is 5.91 Å². The van der Waals surface area contributed by atoms with Gasteiger partial charge in [0.05, 0.1) is 0 Å². The van der Waals surface area contributed by atoms with Crippen molar-refractivity contribution in [3.8, 4) is 11.1 Å². The number of benzene rings is 1. The summed E-state index contributed by atoms with van der Waals surface area (Å²) >= 11 is 0. The SMILES string of the molecule is Cc1cc(NC(=O)N2CCC[C@@H]2C(=O)Nc2ccc(-c3ccc(C(=O)O)nc3C)cc2)ncc1C(C)C.O=C(O)C(F)(F)F. The molecular weight excluding hydrogens is 583 g/mol. The summed E-state index contributed by atoms with van der Waals surface area (Å²) in [4.78, 5) is 56.1. The average Bonchev–Trinajstić information content (AvgIpc) is 3.44. The Hall–Kier alpha value is -5.01. The fourth-order valence-corrected chi connectivity index (χ4v) is 4.65. The number of carbonyl (C=O) groups excluding carboxylic acids is 2. The Balaban J connectivity index is 0.000000676. The van der Waals surface area contributed by atoms with Crippen LogP contribution in [0, 0.1) is 13.8 Å². The van der Waals surface area contributed by atoms with E-state index in [0.717, 1.165) is 28.7 Å². The summed E-state index contributed by atoms with van der Waals surface area (Å²) in [6.45, 7) is 8.43. The largest absolute Gasteiger partial charge is 0.490 e. The zero-order valence-electron chi connectivity index (χ0n) is 24.4. The number of halogens is 3. The second-order valence-electron chi connectivity index (χ2n) is 10.4. The van der Waals surface area contributed by atoms with E-state index in [1.54, 1.807) is 36.2 Å². The Labute approximate surface area is 251 Å². The molecule has 44 heavy (non-hydrogen) atoms. The number of likely N-dealkylation sites (tertiary alicyclic amines) is 1. The van der Waals surface area contributed by atoms with Gasteiger partial charge in [0.1, 0.15) is 17.6 Å². The van der Waals surface area contributed by atoms with E-state index in [-0.39, 0.29) is 17.6 Å². The number of rotatable bonds is 6. The van der Waals surface area contributed by atoms with Crippen LogP contribution in [0.25, 0.3) is 11.1 Å². The lowest BCUT2D eigenvalue weighted by Crippen LogP contribution is -2.45. The van der Waals surface area contributed by atoms with Crippen molar-refractivity contribution in [3.05, 3.63) is 71.2 Å². The van der Waals surface area contributed by atoms with Crippen LogP contribution in [0.15, 0.2) is 48.7 Å². The standard InChI is InChI=1S/C28H31N5O4.C2HF3O2/c1-16(2)22-15-29-25(14-17(22)3)32-28(37)33-13-5-6-24(33)26(34)31-20-9-7-19(8-10-20)21-11-12-23(27(35)36)30-18(21)4;3-2(4,5)1(6)7/h7-12,14-16,24H,5-6,13H2,1-4H3,(H,31,34)(H,35,36)(H,29,32,37);(H,6,7)/t24-;/m1./s1. The first kappa shape index (κ1) is 33.5. The van der Waals surface area contributed by atoms with Crippen molar-refractivity contribution in [2.24, 2.45) is 0 Å². The smallest absolute Gasteiger partial charge is 0.477 e. The summed E-state index contributed by atoms with van der Waals surface area (Å²) in [5.74, 6) is -3.26. The molecule has 4 rings (SSSR count). The Kier molecular flexibility index (Phi) is 10.6. The van der Waals surface area contributed by atoms with E-state index in [4.69, 9.17) is 15.0 Å². The van der Waals surface area contributed by atoms with Gasteiger partial charge in [-0.1, -0.05) is 32.0 Å². The maximum atomic E-state index is 13.1. The molecule has 11 nitrogen and oxygen atoms in total. The number of carboxylic acid groups (broad SMARTS) is 2. The number of carboxylic acids is 2. The predicted octanol–water partition coefficient (Wildman–Crippen LogP) is 5.85. The van der Waals surface area contributed by atoms with Crippen LogP contribution < -0.4 is 10.6 Å². The fourth-order valence-electron chi connectivity index (χ4n) is 4.65. The van der Waals surface area contributed by atoms with Crippen molar-refractivity contribution < 1.29 is 42.6 Å². The van der Waals surface area contributed by atoms with Gasteiger partial charge in [-0.3, -0.25) is 10.1 Å². The van der Waals surface area contributed by atoms with Gasteiger partial charge in [-0.05, 0) is 73.6 Å². The molecule has 0 aliphatic carbocycles. The Morgan fingerprint density at radius 3 is 2.16 bits per heavy atom. The molecule has 1 aliphatic rings. The van der Waals surface area contributed by atoms with Crippen molar-refractivity contribution in [1.29, 1.82) is 0 Å². The number of aryl methyl sites for hydroxylation is 2. The van der Waals surface area contributed by atoms with Gasteiger partial charge in [-0.15, -0.1) is 0 Å². The van der Waals surface area contributed by atoms with Gasteiger partial charge in [-0.25, -0.2) is 24.4 Å². The number of urea groups is 1. The second-order valence-corrected chi connectivity index (χ2v) is 10.4. The van der Waals surface area contributed by atoms with Crippen LogP contribution in [0.2, 0.25) is 0 Å². The molecule has 234 valence electrons. The molecule has 1 aromatic carbocycles. The number of anilines is 2. The fraction of sp³-hybridized carbons (Fsp3) is 0.333. The minimum Gasteiger partial charge on any atom is -0.477 e. The summed E-state index contributed by atoms with van der Waals surface area (Å²) in [7, 11) is 0. The molecule has 1 aliphatic heterocycles. The number of pyridine rings is 2. The zero-order valence-corrected chi connectivity index (χ0v) is 24.4. The van der Waals surface area contributed by atoms with Crippen molar-refractivity contribution in [2.75, 3.05) is 17.2 Å². The Morgan fingerprint density at radius 1 is 1.00 bits per heavy atom. The first-order valence-corrected chi connectivity index (χ1v) is 13.5. The van der Waals surface area contributed by atoms with Gasteiger partial charge in [0.15, 0.2) is 0 Å². The number of amides is 3. The summed E-state index contributed by atoms with van der Waals surface area (Å²) in [5.41, 5.74) is 5.06. The molecule has 1 saturated heterocycles. The lowest BCUT2D eigenvalue weighted by molar-refractivity contribution is -0.192. The monoisotopic (exact) mass is 615 g/mol. The Morgan fingerprint density at radius 2 is 1.64 bits per heavy atom. The van der Waals surface area contributed by atoms with E-state index in [2.05, 4.69) is 34.4 Å². The van der Waals surface area contributed by atoms with E-state index < -0.39 is 24.2 Å². The summed E-state index contributed by atoms with van der Waals surface area (Å²) in [5, 5.41) is 22.0. The molecule has 3 heterocycles. The van der Waals surface area contributed by atoms with Crippen LogP contribution in [0.3, 0.4) is 0 Å². The van der Waals surface area contributed by atoms with Gasteiger partial charge < -0.3 is 20.4 Å². The van der Waals surface area contributed by atoms with Crippen LogP contribution in [0.5, 0.6) is 0 Å². The molecule has 1 fully saturated rings. The van der Waals surface area contributed by atoms with Crippen molar-refractivity contribution in [1.82, 2.24) is 14.9 Å². The van der Waals surface area contributed by atoms with Crippen LogP contribution in [-0.4, -0.2) is 67.7 Å². The number of aromatic carboxylic acids is 1. The molecular formula is C30H32F3N5O6. The van der Waals surface area contributed by atoms with Gasteiger partial charge in [-0.2, -0.15) is 13.2 Å². The van der Waals surface area contributed by atoms with Crippen LogP contribution in [0.1, 0.15) is 59.9 Å². The number of nitrogens with zero attached hydrogens (tertiary/aromatic N) is 3. The van der Waals surface area contributed by atoms with Crippen molar-refractivity contribution >= 4 is 35.4 Å². The van der Waals surface area contributed by atoms with E-state index >= 15 is 0 Å². The lowest BCUT2D eigenvalue weighted by atomic mass is 10.0. The van der Waals surface area contributed by atoms with E-state index in [1.807, 2.05) is 25.1 Å². The number of aromatic nitrogens is 2. The average molecular weight is 616 g/mol. The highest BCUT2D eigenvalue weighted by atomic mass is 19.4. The lowest BCUT2D eigenvalue weighted by Gasteiger charge is -2.24. The van der Waals surface area contributed by atoms with Gasteiger partial charge in [0.25, 0.3) is 0 Å². The highest BCUT2D eigenvalue weighted by molar-refractivity contribution is 5.99. The van der Waals surface area contributed by atoms with E-state index in [9.17, 15) is 27.6 Å². The number of hydrogen-bond acceptors (Lipinski definition) is 6. The number of carbonyl (C=O) groups is 4. The molecule has 3 amide bonds. The highest BCUT2D eigenvalue weighted by Crippen LogP contribution is 2.26. The van der Waals surface area contributed by atoms with Crippen LogP contribution >= 0.6 is 0 Å². The third kappa shape index (κ3) is 8.52. The molecule has 0 radical (unpaired) electrons. The highest BCUT2D eigenvalue weighted by Gasteiger charge is 2.38. The topological polar surface area (TPSA) is 162 Å². The number of nitrogens with one attached hydrogen (secondary N) is 2. The molecule has 0 saturated carbocycles. The van der Waals surface area contributed by atoms with E-state index in [1.165, 1.54) is 6.07 Å². The van der Waals surface area contributed by atoms with Crippen LogP contribution in [0.4, 0.5) is 29.5 Å².